The number of carboxylic acid groups (broad SMARTS) is 1. The molecule has 0 atom stereocenters. The lowest BCUT2D eigenvalue weighted by molar-refractivity contribution is -0.144. The van der Waals surface area contributed by atoms with Crippen molar-refractivity contribution < 1.29 is 24.0 Å². The third kappa shape index (κ3) is 6.18. The van der Waals surface area contributed by atoms with Gasteiger partial charge in [-0.15, -0.1) is 0 Å². The van der Waals surface area contributed by atoms with Crippen molar-refractivity contribution in [1.29, 1.82) is 0 Å². The minimum absolute atomic E-state index is 0.0882. The van der Waals surface area contributed by atoms with E-state index < -0.39 is 5.97 Å². The summed E-state index contributed by atoms with van der Waals surface area (Å²) >= 11 is 0. The Morgan fingerprint density at radius 1 is 1.26 bits per heavy atom. The van der Waals surface area contributed by atoms with E-state index in [0.29, 0.717) is 17.6 Å². The van der Waals surface area contributed by atoms with Crippen LogP contribution in [0.1, 0.15) is 37.6 Å². The molecule has 1 amide bonds. The first-order chi connectivity index (χ1) is 12.9. The molecule has 0 saturated heterocycles. The predicted octanol–water partition coefficient (Wildman–Crippen LogP) is 2.35. The quantitative estimate of drug-likeness (QED) is 0.679. The number of nitrogens with zero attached hydrogens (tertiary/aromatic N) is 3. The number of aromatic nitrogens is 2. The van der Waals surface area contributed by atoms with Crippen LogP contribution in [0.15, 0.2) is 28.8 Å². The summed E-state index contributed by atoms with van der Waals surface area (Å²) in [5, 5.41) is 12.9. The summed E-state index contributed by atoms with van der Waals surface area (Å²) in [6.45, 7) is 4.38. The van der Waals surface area contributed by atoms with E-state index in [4.69, 9.17) is 14.4 Å². The van der Waals surface area contributed by atoms with E-state index in [-0.39, 0.29) is 38.4 Å². The smallest absolute Gasteiger partial charge is 0.323 e. The van der Waals surface area contributed by atoms with Gasteiger partial charge in [0.25, 0.3) is 0 Å². The molecule has 0 fully saturated rings. The summed E-state index contributed by atoms with van der Waals surface area (Å²) in [7, 11) is 1.50. The second kappa shape index (κ2) is 9.82. The lowest BCUT2D eigenvalue weighted by Crippen LogP contribution is -2.38. The van der Waals surface area contributed by atoms with Crippen molar-refractivity contribution >= 4 is 11.9 Å². The molecule has 2 rings (SSSR count). The Balaban J connectivity index is 1.96. The molecule has 8 nitrogen and oxygen atoms in total. The second-order valence-corrected chi connectivity index (χ2v) is 6.49. The maximum atomic E-state index is 12.3. The van der Waals surface area contributed by atoms with Gasteiger partial charge in [-0.2, -0.15) is 4.98 Å². The molecule has 1 heterocycles. The normalized spacial score (nSPS) is 11.0. The van der Waals surface area contributed by atoms with Gasteiger partial charge in [-0.25, -0.2) is 0 Å². The fraction of sp³-hybridized carbons (Fsp3) is 0.474. The highest BCUT2D eigenvalue weighted by molar-refractivity contribution is 5.81. The van der Waals surface area contributed by atoms with E-state index in [2.05, 4.69) is 24.0 Å². The summed E-state index contributed by atoms with van der Waals surface area (Å²) in [6.07, 6.45) is 0.337. The number of aryl methyl sites for hydroxylation is 1. The molecule has 0 aliphatic heterocycles. The fourth-order valence-corrected chi connectivity index (χ4v) is 2.52. The van der Waals surface area contributed by atoms with Crippen LogP contribution >= 0.6 is 0 Å². The SMILES string of the molecule is COCCN(CC(=O)O)C(=O)CCc1nc(-c2ccc(C(C)C)cc2)no1. The summed E-state index contributed by atoms with van der Waals surface area (Å²) in [4.78, 5) is 28.7. The Labute approximate surface area is 158 Å². The van der Waals surface area contributed by atoms with Crippen LogP contribution in [0.4, 0.5) is 0 Å². The Hall–Kier alpha value is -2.74. The number of aliphatic carboxylic acids is 1. The molecule has 1 N–H and O–H groups in total. The van der Waals surface area contributed by atoms with Gasteiger partial charge in [-0.05, 0) is 11.5 Å². The van der Waals surface area contributed by atoms with Gasteiger partial charge in [-0.3, -0.25) is 9.59 Å². The second-order valence-electron chi connectivity index (χ2n) is 6.49. The van der Waals surface area contributed by atoms with E-state index in [9.17, 15) is 9.59 Å². The van der Waals surface area contributed by atoms with Gasteiger partial charge in [0.05, 0.1) is 6.61 Å². The van der Waals surface area contributed by atoms with Crippen molar-refractivity contribution in [3.8, 4) is 11.4 Å². The highest BCUT2D eigenvalue weighted by Gasteiger charge is 2.18. The Bertz CT molecular complexity index is 755. The van der Waals surface area contributed by atoms with Crippen molar-refractivity contribution in [2.75, 3.05) is 26.8 Å². The zero-order valence-electron chi connectivity index (χ0n) is 15.8. The number of carbonyl (C=O) groups is 2. The Morgan fingerprint density at radius 2 is 1.96 bits per heavy atom. The van der Waals surface area contributed by atoms with Crippen LogP contribution in [0.2, 0.25) is 0 Å². The Morgan fingerprint density at radius 3 is 2.56 bits per heavy atom. The molecule has 1 aromatic heterocycles. The molecule has 0 unspecified atom stereocenters. The molecule has 2 aromatic rings. The number of carbonyl (C=O) groups excluding carboxylic acids is 1. The standard InChI is InChI=1S/C19H25N3O5/c1-13(2)14-4-6-15(7-5-14)19-20-16(27-21-19)8-9-17(23)22(10-11-26-3)12-18(24)25/h4-7,13H,8-12H2,1-3H3,(H,24,25). The fourth-order valence-electron chi connectivity index (χ4n) is 2.52. The average Bonchev–Trinajstić information content (AvgIpc) is 3.12. The van der Waals surface area contributed by atoms with E-state index in [0.717, 1.165) is 5.56 Å². The van der Waals surface area contributed by atoms with Crippen LogP contribution < -0.4 is 0 Å². The first kappa shape index (κ1) is 20.6. The number of rotatable bonds is 10. The van der Waals surface area contributed by atoms with E-state index >= 15 is 0 Å². The van der Waals surface area contributed by atoms with Crippen molar-refractivity contribution in [3.05, 3.63) is 35.7 Å². The van der Waals surface area contributed by atoms with Crippen molar-refractivity contribution in [1.82, 2.24) is 15.0 Å². The van der Waals surface area contributed by atoms with E-state index in [1.807, 2.05) is 24.3 Å². The lowest BCUT2D eigenvalue weighted by atomic mass is 10.0. The monoisotopic (exact) mass is 375 g/mol. The van der Waals surface area contributed by atoms with Gasteiger partial charge < -0.3 is 19.3 Å². The van der Waals surface area contributed by atoms with Gasteiger partial charge >= 0.3 is 5.97 Å². The zero-order chi connectivity index (χ0) is 19.8. The van der Waals surface area contributed by atoms with Crippen LogP contribution in [0.5, 0.6) is 0 Å². The van der Waals surface area contributed by atoms with Crippen LogP contribution in [0, 0.1) is 0 Å². The molecule has 146 valence electrons. The topological polar surface area (TPSA) is 106 Å². The molecule has 0 bridgehead atoms. The molecular formula is C19H25N3O5. The molecule has 0 saturated carbocycles. The summed E-state index contributed by atoms with van der Waals surface area (Å²) in [5.41, 5.74) is 2.07. The third-order valence-corrected chi connectivity index (χ3v) is 4.10. The van der Waals surface area contributed by atoms with Crippen molar-refractivity contribution in [3.63, 3.8) is 0 Å². The molecule has 0 aliphatic rings. The zero-order valence-corrected chi connectivity index (χ0v) is 15.8. The van der Waals surface area contributed by atoms with Crippen molar-refractivity contribution in [2.24, 2.45) is 0 Å². The summed E-state index contributed by atoms with van der Waals surface area (Å²) < 4.78 is 10.1. The molecule has 0 aliphatic carbocycles. The highest BCUT2D eigenvalue weighted by atomic mass is 16.5. The maximum absolute atomic E-state index is 12.3. The first-order valence-electron chi connectivity index (χ1n) is 8.82. The molecule has 1 aromatic carbocycles. The van der Waals surface area contributed by atoms with Gasteiger partial charge in [0.2, 0.25) is 17.6 Å². The molecular weight excluding hydrogens is 350 g/mol. The maximum Gasteiger partial charge on any atom is 0.323 e. The van der Waals surface area contributed by atoms with Gasteiger partial charge in [0.15, 0.2) is 0 Å². The summed E-state index contributed by atoms with van der Waals surface area (Å²) in [6, 6.07) is 7.93. The Kier molecular flexibility index (Phi) is 7.48. The van der Waals surface area contributed by atoms with Gasteiger partial charge in [0, 0.05) is 32.1 Å². The number of methoxy groups -OCH3 is 1. The third-order valence-electron chi connectivity index (χ3n) is 4.10. The van der Waals surface area contributed by atoms with E-state index in [1.165, 1.54) is 17.6 Å². The minimum atomic E-state index is -1.07. The van der Waals surface area contributed by atoms with Gasteiger partial charge in [0.1, 0.15) is 6.54 Å². The average molecular weight is 375 g/mol. The molecule has 0 spiro atoms. The van der Waals surface area contributed by atoms with Crippen LogP contribution in [0.3, 0.4) is 0 Å². The summed E-state index contributed by atoms with van der Waals surface area (Å²) in [5.74, 6) is -0.111. The molecule has 27 heavy (non-hydrogen) atoms. The largest absolute Gasteiger partial charge is 0.480 e. The molecule has 8 heteroatoms. The number of ether oxygens (including phenoxy) is 1. The predicted molar refractivity (Wildman–Crippen MR) is 98.2 cm³/mol. The molecule has 0 radical (unpaired) electrons. The van der Waals surface area contributed by atoms with Crippen LogP contribution in [-0.2, 0) is 20.7 Å². The lowest BCUT2D eigenvalue weighted by Gasteiger charge is -2.19. The minimum Gasteiger partial charge on any atom is -0.480 e. The van der Waals surface area contributed by atoms with Crippen LogP contribution in [-0.4, -0.2) is 58.8 Å². The van der Waals surface area contributed by atoms with Crippen molar-refractivity contribution in [2.45, 2.75) is 32.6 Å². The number of amides is 1. The number of hydrogen-bond donors (Lipinski definition) is 1. The highest BCUT2D eigenvalue weighted by Crippen LogP contribution is 2.20. The number of carboxylic acids is 1. The number of hydrogen-bond acceptors (Lipinski definition) is 6. The first-order valence-corrected chi connectivity index (χ1v) is 8.82. The number of benzene rings is 1. The van der Waals surface area contributed by atoms with Gasteiger partial charge in [-0.1, -0.05) is 43.3 Å². The van der Waals surface area contributed by atoms with E-state index in [1.54, 1.807) is 0 Å². The van der Waals surface area contributed by atoms with Crippen LogP contribution in [0.25, 0.3) is 11.4 Å².